The van der Waals surface area contributed by atoms with Gasteiger partial charge >= 0.3 is 0 Å². The molecule has 0 aromatic heterocycles. The predicted molar refractivity (Wildman–Crippen MR) is 80.4 cm³/mol. The van der Waals surface area contributed by atoms with E-state index in [1.807, 2.05) is 0 Å². The van der Waals surface area contributed by atoms with E-state index in [1.165, 1.54) is 24.0 Å². The van der Waals surface area contributed by atoms with Crippen LogP contribution in [0.3, 0.4) is 0 Å². The number of carbonyl (C=O) groups excluding carboxylic acids is 1. The Morgan fingerprint density at radius 1 is 1.15 bits per heavy atom. The Hall–Kier alpha value is -1.35. The monoisotopic (exact) mass is 272 g/mol. The van der Waals surface area contributed by atoms with Crippen LogP contribution < -0.4 is 5.73 Å². The maximum Gasteiger partial charge on any atom is 0.226 e. The minimum Gasteiger partial charge on any atom is -0.338 e. The van der Waals surface area contributed by atoms with Gasteiger partial charge in [-0.25, -0.2) is 0 Å². The Morgan fingerprint density at radius 3 is 2.30 bits per heavy atom. The lowest BCUT2D eigenvalue weighted by atomic mass is 10.0. The number of fused-ring (bicyclic) bond motifs is 1. The first-order valence-electron chi connectivity index (χ1n) is 7.87. The number of carbonyl (C=O) groups is 1. The lowest BCUT2D eigenvalue weighted by Gasteiger charge is -2.31. The molecule has 0 unspecified atom stereocenters. The summed E-state index contributed by atoms with van der Waals surface area (Å²) in [6.07, 6.45) is 6.64. The number of nitrogens with zero attached hydrogens (tertiary/aromatic N) is 1. The van der Waals surface area contributed by atoms with E-state index in [0.717, 1.165) is 32.2 Å². The topological polar surface area (TPSA) is 46.3 Å². The van der Waals surface area contributed by atoms with Crippen LogP contribution in [0.15, 0.2) is 24.3 Å². The number of nitrogens with two attached hydrogens (primary N) is 1. The largest absolute Gasteiger partial charge is 0.338 e. The third-order valence-corrected chi connectivity index (χ3v) is 4.82. The van der Waals surface area contributed by atoms with Crippen LogP contribution >= 0.6 is 0 Å². The minimum absolute atomic E-state index is 0.138. The van der Waals surface area contributed by atoms with Gasteiger partial charge in [-0.3, -0.25) is 4.79 Å². The normalized spacial score (nSPS) is 19.2. The van der Waals surface area contributed by atoms with Crippen molar-refractivity contribution in [1.29, 1.82) is 0 Å². The van der Waals surface area contributed by atoms with Gasteiger partial charge in [0.05, 0.1) is 0 Å². The quantitative estimate of drug-likeness (QED) is 0.912. The zero-order chi connectivity index (χ0) is 13.9. The molecule has 1 amide bonds. The number of hydrogen-bond donors (Lipinski definition) is 1. The summed E-state index contributed by atoms with van der Waals surface area (Å²) >= 11 is 0. The van der Waals surface area contributed by atoms with Crippen molar-refractivity contribution >= 4 is 5.91 Å². The highest BCUT2D eigenvalue weighted by molar-refractivity contribution is 5.81. The third kappa shape index (κ3) is 2.59. The van der Waals surface area contributed by atoms with Crippen molar-refractivity contribution in [1.82, 2.24) is 4.90 Å². The van der Waals surface area contributed by atoms with Crippen molar-refractivity contribution < 1.29 is 4.79 Å². The molecule has 0 bridgehead atoms. The first kappa shape index (κ1) is 13.6. The summed E-state index contributed by atoms with van der Waals surface area (Å²) in [4.78, 5) is 14.9. The zero-order valence-electron chi connectivity index (χ0n) is 12.1. The van der Waals surface area contributed by atoms with Crippen LogP contribution in [0.25, 0.3) is 0 Å². The van der Waals surface area contributed by atoms with Crippen molar-refractivity contribution in [2.45, 2.75) is 44.6 Å². The van der Waals surface area contributed by atoms with Gasteiger partial charge in [-0.2, -0.15) is 0 Å². The minimum atomic E-state index is 0.138. The SMILES string of the molecule is NCCN(C(=O)C1Cc2ccccc2C1)C1CCCC1. The van der Waals surface area contributed by atoms with Gasteiger partial charge in [-0.05, 0) is 36.8 Å². The second-order valence-electron chi connectivity index (χ2n) is 6.13. The second-order valence-corrected chi connectivity index (χ2v) is 6.13. The van der Waals surface area contributed by atoms with E-state index in [9.17, 15) is 4.79 Å². The summed E-state index contributed by atoms with van der Waals surface area (Å²) in [6, 6.07) is 8.90. The fourth-order valence-corrected chi connectivity index (χ4v) is 3.80. The van der Waals surface area contributed by atoms with Crippen LogP contribution in [-0.2, 0) is 17.6 Å². The summed E-state index contributed by atoms with van der Waals surface area (Å²) in [5.41, 5.74) is 8.43. The molecule has 20 heavy (non-hydrogen) atoms. The lowest BCUT2D eigenvalue weighted by Crippen LogP contribution is -2.45. The Balaban J connectivity index is 1.71. The van der Waals surface area contributed by atoms with Gasteiger partial charge in [0.2, 0.25) is 5.91 Å². The van der Waals surface area contributed by atoms with Crippen molar-refractivity contribution in [2.75, 3.05) is 13.1 Å². The fourth-order valence-electron chi connectivity index (χ4n) is 3.80. The molecule has 3 nitrogen and oxygen atoms in total. The highest BCUT2D eigenvalue weighted by Gasteiger charge is 2.34. The lowest BCUT2D eigenvalue weighted by molar-refractivity contribution is -0.137. The second kappa shape index (κ2) is 5.96. The molecule has 0 heterocycles. The summed E-state index contributed by atoms with van der Waals surface area (Å²) in [5.74, 6) is 0.470. The molecule has 3 rings (SSSR count). The molecule has 2 aliphatic rings. The summed E-state index contributed by atoms with van der Waals surface area (Å²) in [7, 11) is 0. The van der Waals surface area contributed by atoms with Gasteiger partial charge in [0.15, 0.2) is 0 Å². The average molecular weight is 272 g/mol. The van der Waals surface area contributed by atoms with Crippen molar-refractivity contribution in [3.63, 3.8) is 0 Å². The van der Waals surface area contributed by atoms with Crippen molar-refractivity contribution in [3.05, 3.63) is 35.4 Å². The smallest absolute Gasteiger partial charge is 0.226 e. The summed E-state index contributed by atoms with van der Waals surface area (Å²) < 4.78 is 0. The Labute approximate surface area is 121 Å². The molecule has 1 aromatic rings. The number of rotatable bonds is 4. The van der Waals surface area contributed by atoms with Crippen LogP contribution in [0.4, 0.5) is 0 Å². The van der Waals surface area contributed by atoms with E-state index < -0.39 is 0 Å². The highest BCUT2D eigenvalue weighted by Crippen LogP contribution is 2.30. The summed E-state index contributed by atoms with van der Waals surface area (Å²) in [5, 5.41) is 0. The van der Waals surface area contributed by atoms with E-state index >= 15 is 0 Å². The molecular formula is C17H24N2O. The fraction of sp³-hybridized carbons (Fsp3) is 0.588. The Bertz CT molecular complexity index is 455. The standard InChI is InChI=1S/C17H24N2O/c18-9-10-19(16-7-3-4-8-16)17(20)15-11-13-5-1-2-6-14(13)12-15/h1-2,5-6,15-16H,3-4,7-12,18H2. The molecule has 0 atom stereocenters. The first-order chi connectivity index (χ1) is 9.79. The van der Waals surface area contributed by atoms with E-state index in [2.05, 4.69) is 29.2 Å². The predicted octanol–water partition coefficient (Wildman–Crippen LogP) is 2.13. The molecule has 0 radical (unpaired) electrons. The van der Waals surface area contributed by atoms with Gasteiger partial charge in [0.25, 0.3) is 0 Å². The molecule has 3 heteroatoms. The molecule has 2 aliphatic carbocycles. The van der Waals surface area contributed by atoms with E-state index in [-0.39, 0.29) is 5.92 Å². The molecule has 0 aliphatic heterocycles. The summed E-state index contributed by atoms with van der Waals surface area (Å²) in [6.45, 7) is 1.29. The van der Waals surface area contributed by atoms with Gasteiger partial charge in [0, 0.05) is 25.0 Å². The molecule has 0 saturated heterocycles. The van der Waals surface area contributed by atoms with Crippen molar-refractivity contribution in [3.8, 4) is 0 Å². The first-order valence-corrected chi connectivity index (χ1v) is 7.87. The van der Waals surface area contributed by atoms with Crippen molar-refractivity contribution in [2.24, 2.45) is 11.7 Å². The molecule has 0 spiro atoms. The van der Waals surface area contributed by atoms with Crippen LogP contribution in [0, 0.1) is 5.92 Å². The number of hydrogen-bond acceptors (Lipinski definition) is 2. The van der Waals surface area contributed by atoms with Crippen LogP contribution in [0.1, 0.15) is 36.8 Å². The van der Waals surface area contributed by atoms with E-state index in [0.29, 0.717) is 18.5 Å². The van der Waals surface area contributed by atoms with Gasteiger partial charge in [0.1, 0.15) is 0 Å². The molecule has 108 valence electrons. The third-order valence-electron chi connectivity index (χ3n) is 4.82. The number of benzene rings is 1. The molecule has 2 N–H and O–H groups in total. The van der Waals surface area contributed by atoms with E-state index in [4.69, 9.17) is 5.73 Å². The van der Waals surface area contributed by atoms with Crippen LogP contribution in [0.2, 0.25) is 0 Å². The molecule has 1 aromatic carbocycles. The Morgan fingerprint density at radius 2 is 1.75 bits per heavy atom. The maximum atomic E-state index is 12.9. The van der Waals surface area contributed by atoms with Gasteiger partial charge in [-0.1, -0.05) is 37.1 Å². The average Bonchev–Trinajstić information content (AvgIpc) is 3.12. The molecular weight excluding hydrogens is 248 g/mol. The molecule has 1 fully saturated rings. The Kier molecular flexibility index (Phi) is 4.06. The van der Waals surface area contributed by atoms with Gasteiger partial charge < -0.3 is 10.6 Å². The molecule has 1 saturated carbocycles. The number of amides is 1. The van der Waals surface area contributed by atoms with Crippen LogP contribution in [-0.4, -0.2) is 29.9 Å². The van der Waals surface area contributed by atoms with Gasteiger partial charge in [-0.15, -0.1) is 0 Å². The van der Waals surface area contributed by atoms with E-state index in [1.54, 1.807) is 0 Å². The highest BCUT2D eigenvalue weighted by atomic mass is 16.2. The zero-order valence-corrected chi connectivity index (χ0v) is 12.1. The maximum absolute atomic E-state index is 12.9. The van der Waals surface area contributed by atoms with Crippen LogP contribution in [0.5, 0.6) is 0 Å².